The predicted molar refractivity (Wildman–Crippen MR) is 45.7 cm³/mol. The Bertz CT molecular complexity index is 256. The van der Waals surface area contributed by atoms with Gasteiger partial charge in [0.1, 0.15) is 0 Å². The number of nitrogens with zero attached hydrogens (tertiary/aromatic N) is 1. The molecule has 0 aromatic heterocycles. The first-order chi connectivity index (χ1) is 5.67. The van der Waals surface area contributed by atoms with Gasteiger partial charge < -0.3 is 0 Å². The number of hydrogen-bond acceptors (Lipinski definition) is 2. The van der Waals surface area contributed by atoms with Gasteiger partial charge in [0.2, 0.25) is 5.69 Å². The lowest BCUT2D eigenvalue weighted by molar-refractivity contribution is -0.283. The average Bonchev–Trinajstić information content (AvgIpc) is 2.06. The topological polar surface area (TPSA) is 40.5 Å². The third-order valence-corrected chi connectivity index (χ3v) is 1.46. The van der Waals surface area contributed by atoms with Crippen molar-refractivity contribution in [1.82, 2.24) is 4.81 Å². The molecule has 63 valence electrons. The van der Waals surface area contributed by atoms with E-state index in [9.17, 15) is 10.4 Å². The second kappa shape index (κ2) is 3.49. The van der Waals surface area contributed by atoms with E-state index >= 15 is 0 Å². The normalized spacial score (nSPS) is 11.2. The van der Waals surface area contributed by atoms with Crippen LogP contribution in [-0.2, 0) is 0 Å². The van der Waals surface area contributed by atoms with Crippen LogP contribution in [0.15, 0.2) is 36.9 Å². The van der Waals surface area contributed by atoms with Crippen molar-refractivity contribution in [3.8, 4) is 0 Å². The number of hydrogen-bond donors (Lipinski definition) is 2. The summed E-state index contributed by atoms with van der Waals surface area (Å²) in [6.45, 7) is 3.46. The Morgan fingerprint density at radius 1 is 1.50 bits per heavy atom. The molecule has 0 heterocycles. The molecule has 0 unspecified atom stereocenters. The van der Waals surface area contributed by atoms with Crippen molar-refractivity contribution >= 4 is 5.69 Å². The van der Waals surface area contributed by atoms with E-state index < -0.39 is 4.81 Å². The maximum Gasteiger partial charge on any atom is 0.207 e. The number of rotatable bonds is 3. The van der Waals surface area contributed by atoms with E-state index in [-0.39, 0.29) is 6.54 Å². The van der Waals surface area contributed by atoms with Crippen LogP contribution in [0.3, 0.4) is 0 Å². The Morgan fingerprint density at radius 2 is 2.25 bits per heavy atom. The van der Waals surface area contributed by atoms with Gasteiger partial charge in [-0.2, -0.15) is 10.4 Å². The largest absolute Gasteiger partial charge is 0.207 e. The van der Waals surface area contributed by atoms with E-state index in [0.717, 1.165) is 0 Å². The molecule has 0 spiro atoms. The second-order valence-corrected chi connectivity index (χ2v) is 2.45. The SMILES string of the molecule is C=CC[N+](O)(O)c1[c]cccc1. The summed E-state index contributed by atoms with van der Waals surface area (Å²) in [4.78, 5) is -1.19. The van der Waals surface area contributed by atoms with Gasteiger partial charge in [-0.3, -0.25) is 0 Å². The van der Waals surface area contributed by atoms with E-state index in [1.807, 2.05) is 0 Å². The Labute approximate surface area is 71.3 Å². The highest BCUT2D eigenvalue weighted by Crippen LogP contribution is 2.15. The fourth-order valence-electron chi connectivity index (χ4n) is 0.885. The van der Waals surface area contributed by atoms with Gasteiger partial charge in [-0.25, -0.2) is 0 Å². The van der Waals surface area contributed by atoms with Crippen molar-refractivity contribution in [1.29, 1.82) is 0 Å². The van der Waals surface area contributed by atoms with E-state index in [1.165, 1.54) is 6.08 Å². The smallest absolute Gasteiger partial charge is 0.176 e. The molecule has 0 aliphatic heterocycles. The molecule has 0 atom stereocenters. The lowest BCUT2D eigenvalue weighted by Gasteiger charge is -2.17. The minimum Gasteiger partial charge on any atom is -0.176 e. The molecule has 3 nitrogen and oxygen atoms in total. The molecular formula is C9H11NO2+. The molecule has 0 saturated carbocycles. The molecule has 3 heteroatoms. The van der Waals surface area contributed by atoms with Crippen LogP contribution in [0.25, 0.3) is 0 Å². The highest BCUT2D eigenvalue weighted by Gasteiger charge is 2.24. The van der Waals surface area contributed by atoms with Crippen LogP contribution in [0.5, 0.6) is 0 Å². The van der Waals surface area contributed by atoms with Crippen molar-refractivity contribution < 1.29 is 10.4 Å². The van der Waals surface area contributed by atoms with E-state index in [2.05, 4.69) is 12.6 Å². The Kier molecular flexibility index (Phi) is 2.60. The summed E-state index contributed by atoms with van der Waals surface area (Å²) in [7, 11) is 0. The first kappa shape index (κ1) is 8.93. The van der Waals surface area contributed by atoms with Crippen molar-refractivity contribution in [3.05, 3.63) is 43.0 Å². The van der Waals surface area contributed by atoms with E-state index in [4.69, 9.17) is 0 Å². The van der Waals surface area contributed by atoms with Crippen LogP contribution in [0.2, 0.25) is 0 Å². The van der Waals surface area contributed by atoms with Gasteiger partial charge in [0.05, 0.1) is 6.07 Å². The fourth-order valence-corrected chi connectivity index (χ4v) is 0.885. The predicted octanol–water partition coefficient (Wildman–Crippen LogP) is 1.76. The highest BCUT2D eigenvalue weighted by atomic mass is 16.8. The van der Waals surface area contributed by atoms with Gasteiger partial charge in [0.25, 0.3) is 0 Å². The minimum atomic E-state index is -1.19. The third kappa shape index (κ3) is 1.92. The fraction of sp³-hybridized carbons (Fsp3) is 0.111. The van der Waals surface area contributed by atoms with Crippen molar-refractivity contribution in [2.24, 2.45) is 0 Å². The van der Waals surface area contributed by atoms with Gasteiger partial charge in [-0.15, -0.1) is 0 Å². The molecule has 0 aliphatic carbocycles. The van der Waals surface area contributed by atoms with Gasteiger partial charge in [-0.05, 0) is 17.0 Å². The standard InChI is InChI=1S/C9H11NO2/c1-2-8-10(11,12)9-6-4-3-5-7-9/h2-6,11-12H,1,8H2/q+1. The molecule has 2 N–H and O–H groups in total. The van der Waals surface area contributed by atoms with Crippen LogP contribution in [0.4, 0.5) is 5.69 Å². The molecule has 0 saturated heterocycles. The lowest BCUT2D eigenvalue weighted by Crippen LogP contribution is -2.42. The van der Waals surface area contributed by atoms with Crippen LogP contribution in [0.1, 0.15) is 0 Å². The Morgan fingerprint density at radius 3 is 2.75 bits per heavy atom. The van der Waals surface area contributed by atoms with Gasteiger partial charge in [0, 0.05) is 6.07 Å². The highest BCUT2D eigenvalue weighted by molar-refractivity contribution is 5.36. The number of para-hydroxylation sites is 1. The Balaban J connectivity index is 2.89. The number of quaternary nitrogens is 1. The first-order valence-corrected chi connectivity index (χ1v) is 3.58. The molecule has 0 aliphatic rings. The molecule has 1 aromatic carbocycles. The van der Waals surface area contributed by atoms with E-state index in [0.29, 0.717) is 5.69 Å². The maximum absolute atomic E-state index is 9.38. The van der Waals surface area contributed by atoms with Crippen LogP contribution in [-0.4, -0.2) is 17.0 Å². The summed E-state index contributed by atoms with van der Waals surface area (Å²) in [6, 6.07) is 9.41. The molecule has 1 aromatic rings. The first-order valence-electron chi connectivity index (χ1n) is 3.58. The molecule has 12 heavy (non-hydrogen) atoms. The summed E-state index contributed by atoms with van der Waals surface area (Å²) in [5.74, 6) is 0. The minimum absolute atomic E-state index is 0.0422. The molecule has 0 bridgehead atoms. The van der Waals surface area contributed by atoms with Gasteiger partial charge >= 0.3 is 0 Å². The number of benzene rings is 1. The molecule has 1 rings (SSSR count). The van der Waals surface area contributed by atoms with Crippen molar-refractivity contribution in [2.45, 2.75) is 0 Å². The summed E-state index contributed by atoms with van der Waals surface area (Å²) in [5.41, 5.74) is 0.303. The number of hydroxylamine groups is 2. The van der Waals surface area contributed by atoms with Gasteiger partial charge in [-0.1, -0.05) is 18.7 Å². The molecule has 0 amide bonds. The van der Waals surface area contributed by atoms with Crippen LogP contribution >= 0.6 is 0 Å². The third-order valence-electron chi connectivity index (χ3n) is 1.46. The lowest BCUT2D eigenvalue weighted by atomic mass is 10.3. The summed E-state index contributed by atoms with van der Waals surface area (Å²) < 4.78 is 0. The van der Waals surface area contributed by atoms with Gasteiger partial charge in [0.15, 0.2) is 6.54 Å². The Hall–Kier alpha value is -1.16. The summed E-state index contributed by atoms with van der Waals surface area (Å²) >= 11 is 0. The summed E-state index contributed by atoms with van der Waals surface area (Å²) in [6.07, 6.45) is 1.43. The second-order valence-electron chi connectivity index (χ2n) is 2.45. The monoisotopic (exact) mass is 165 g/mol. The van der Waals surface area contributed by atoms with Crippen LogP contribution < -0.4 is 4.81 Å². The van der Waals surface area contributed by atoms with Crippen molar-refractivity contribution in [2.75, 3.05) is 6.54 Å². The summed E-state index contributed by atoms with van der Waals surface area (Å²) in [5, 5.41) is 18.8. The quantitative estimate of drug-likeness (QED) is 0.407. The molecule has 0 fully saturated rings. The van der Waals surface area contributed by atoms with E-state index in [1.54, 1.807) is 24.3 Å². The zero-order valence-corrected chi connectivity index (χ0v) is 6.64. The molecular weight excluding hydrogens is 154 g/mol. The zero-order valence-electron chi connectivity index (χ0n) is 6.64. The maximum atomic E-state index is 9.38. The van der Waals surface area contributed by atoms with Crippen LogP contribution in [0, 0.1) is 6.07 Å². The molecule has 1 radical (unpaired) electrons. The average molecular weight is 165 g/mol. The van der Waals surface area contributed by atoms with Crippen molar-refractivity contribution in [3.63, 3.8) is 0 Å². The zero-order chi connectivity index (χ0) is 9.03.